The van der Waals surface area contributed by atoms with E-state index in [9.17, 15) is 0 Å². The van der Waals surface area contributed by atoms with E-state index in [0.29, 0.717) is 0 Å². The molecule has 0 aliphatic carbocycles. The van der Waals surface area contributed by atoms with Crippen molar-refractivity contribution in [1.29, 1.82) is 0 Å². The predicted octanol–water partition coefficient (Wildman–Crippen LogP) is -2.61. The predicted molar refractivity (Wildman–Crippen MR) is 27.4 cm³/mol. The van der Waals surface area contributed by atoms with Gasteiger partial charge in [-0.3, -0.25) is 0 Å². The van der Waals surface area contributed by atoms with Crippen molar-refractivity contribution in [2.45, 2.75) is 6.92 Å². The molecular weight excluding hydrogens is 223 g/mol. The van der Waals surface area contributed by atoms with Gasteiger partial charge >= 0.3 is 9.05 Å². The number of aliphatic hydroxyl groups is 1. The molecule has 56 valence electrons. The van der Waals surface area contributed by atoms with Gasteiger partial charge in [-0.15, -0.1) is 0 Å². The van der Waals surface area contributed by atoms with Crippen molar-refractivity contribution in [3.63, 3.8) is 0 Å². The first-order valence-corrected chi connectivity index (χ1v) is 3.71. The summed E-state index contributed by atoms with van der Waals surface area (Å²) >= 11 is 0. The topological polar surface area (TPSA) is 101 Å². The van der Waals surface area contributed by atoms with Crippen molar-refractivity contribution in [2.24, 2.45) is 0 Å². The number of rotatable bonds is 0. The molecule has 0 aliphatic rings. The normalized spacial score (nSPS) is 8.67. The Balaban J connectivity index is -0.0000000800. The van der Waals surface area contributed by atoms with Gasteiger partial charge in [-0.25, -0.2) is 0 Å². The minimum absolute atomic E-state index is 0. The molecule has 0 bridgehead atoms. The Morgan fingerprint density at radius 3 is 1.11 bits per heavy atom. The largest absolute Gasteiger partial charge is 0.668 e. The molecule has 0 aromatic carbocycles. The zero-order valence-electron chi connectivity index (χ0n) is 4.94. The third kappa shape index (κ3) is 523. The van der Waals surface area contributed by atoms with Gasteiger partial charge in [-0.1, -0.05) is 0 Å². The van der Waals surface area contributed by atoms with Gasteiger partial charge < -0.3 is 24.3 Å². The summed E-state index contributed by atoms with van der Waals surface area (Å²) in [7, 11) is -4.61. The minimum atomic E-state index is -4.61. The third-order valence-electron chi connectivity index (χ3n) is 0. The molecule has 0 rings (SSSR count). The van der Waals surface area contributed by atoms with Crippen molar-refractivity contribution < 1.29 is 50.5 Å². The molecule has 0 spiro atoms. The molecule has 7 heteroatoms. The molecule has 0 aromatic rings. The fourth-order valence-electron chi connectivity index (χ4n) is 0. The Hall–Kier alpha value is 0.900. The smallest absolute Gasteiger partial charge is 0.397 e. The summed E-state index contributed by atoms with van der Waals surface area (Å²) in [5.41, 5.74) is 0. The van der Waals surface area contributed by atoms with Crippen molar-refractivity contribution in [3.05, 3.63) is 0 Å². The van der Waals surface area contributed by atoms with Gasteiger partial charge in [0.2, 0.25) is 0 Å². The van der Waals surface area contributed by atoms with Crippen LogP contribution in [-0.4, -0.2) is 39.9 Å². The van der Waals surface area contributed by atoms with Crippen LogP contribution in [0.15, 0.2) is 0 Å². The Labute approximate surface area is 73.2 Å². The number of hydrogen-bond donors (Lipinski definition) is 5. The van der Waals surface area contributed by atoms with E-state index >= 15 is 0 Å². The molecule has 0 saturated heterocycles. The average Bonchev–Trinajstić information content (AvgIpc) is 1.27. The van der Waals surface area contributed by atoms with Crippen LogP contribution in [0.3, 0.4) is 0 Å². The molecule has 0 aromatic heterocycles. The minimum Gasteiger partial charge on any atom is -0.397 e. The van der Waals surface area contributed by atoms with Gasteiger partial charge in [0.25, 0.3) is 0 Å². The van der Waals surface area contributed by atoms with Crippen LogP contribution in [-0.2, 0) is 26.2 Å². The van der Waals surface area contributed by atoms with E-state index in [1.807, 2.05) is 0 Å². The summed E-state index contributed by atoms with van der Waals surface area (Å²) in [6, 6.07) is 0. The summed E-state index contributed by atoms with van der Waals surface area (Å²) in [5.74, 6) is 0. The Morgan fingerprint density at radius 2 is 1.11 bits per heavy atom. The van der Waals surface area contributed by atoms with E-state index in [1.165, 1.54) is 0 Å². The van der Waals surface area contributed by atoms with Gasteiger partial charge in [-0.2, -0.15) is 0 Å². The van der Waals surface area contributed by atoms with Crippen molar-refractivity contribution in [2.75, 3.05) is 6.61 Å². The molecule has 0 unspecified atom stereocenters. The van der Waals surface area contributed by atoms with E-state index in [-0.39, 0.29) is 32.8 Å². The first kappa shape index (κ1) is 16.5. The fraction of sp³-hybridized carbons (Fsp3) is 1.00. The van der Waals surface area contributed by atoms with Crippen molar-refractivity contribution in [3.8, 4) is 0 Å². The molecule has 5 nitrogen and oxygen atoms in total. The van der Waals surface area contributed by atoms with E-state index in [1.54, 1.807) is 6.92 Å². The number of aliphatic hydroxyl groups excluding tert-OH is 1. The van der Waals surface area contributed by atoms with Crippen molar-refractivity contribution >= 4 is 9.05 Å². The Bertz CT molecular complexity index is 38.7. The van der Waals surface area contributed by atoms with Gasteiger partial charge in [0, 0.05) is 32.8 Å². The summed E-state index contributed by atoms with van der Waals surface area (Å²) in [6.45, 7) is 1.93. The Kier molecular flexibility index (Phi) is 16.3. The molecule has 0 saturated carbocycles. The van der Waals surface area contributed by atoms with E-state index in [0.717, 1.165) is 0 Å². The van der Waals surface area contributed by atoms with Crippen LogP contribution >= 0.6 is 0 Å². The molecule has 0 amide bonds. The van der Waals surface area contributed by atoms with E-state index in [2.05, 4.69) is 0 Å². The summed E-state index contributed by atoms with van der Waals surface area (Å²) in [5, 5.41) is 7.57. The second-order valence-electron chi connectivity index (χ2n) is 0.916. The molecule has 0 heterocycles. The molecule has 0 radical (unpaired) electrons. The van der Waals surface area contributed by atoms with Crippen LogP contribution in [0.1, 0.15) is 6.92 Å². The second kappa shape index (κ2) is 8.90. The van der Waals surface area contributed by atoms with Crippen LogP contribution in [0.5, 0.6) is 0 Å². The first-order valence-electron chi connectivity index (χ1n) is 1.92. The first-order chi connectivity index (χ1) is 3.41. The maximum atomic E-state index is 7.57. The van der Waals surface area contributed by atoms with Crippen LogP contribution in [0.25, 0.3) is 0 Å². The SMILES string of the molecule is CCO.O[Si](O)(O)O.[Zr]. The van der Waals surface area contributed by atoms with Crippen LogP contribution < -0.4 is 0 Å². The maximum absolute atomic E-state index is 7.57. The van der Waals surface area contributed by atoms with E-state index in [4.69, 9.17) is 24.3 Å². The second-order valence-corrected chi connectivity index (χ2v) is 2.12. The molecule has 5 N–H and O–H groups in total. The monoisotopic (exact) mass is 232 g/mol. The average molecular weight is 233 g/mol. The van der Waals surface area contributed by atoms with Crippen LogP contribution in [0, 0.1) is 0 Å². The molecular formula is C2H10O5SiZr. The zero-order chi connectivity index (χ0) is 7.21. The van der Waals surface area contributed by atoms with Gasteiger partial charge in [0.05, 0.1) is 0 Å². The molecule has 9 heavy (non-hydrogen) atoms. The molecule has 0 fully saturated rings. The van der Waals surface area contributed by atoms with Gasteiger partial charge in [0.1, 0.15) is 0 Å². The summed E-state index contributed by atoms with van der Waals surface area (Å²) in [4.78, 5) is 29.3. The van der Waals surface area contributed by atoms with Crippen LogP contribution in [0.4, 0.5) is 0 Å². The zero-order valence-corrected chi connectivity index (χ0v) is 8.40. The standard InChI is InChI=1S/C2H6O.H4O4Si.Zr/c1-2-3;1-5(2,3)4;/h3H,2H2,1H3;1-4H;. The molecule has 0 aliphatic heterocycles. The quantitative estimate of drug-likeness (QED) is 0.295. The third-order valence-corrected chi connectivity index (χ3v) is 0. The molecule has 0 atom stereocenters. The van der Waals surface area contributed by atoms with Gasteiger partial charge in [0.15, 0.2) is 0 Å². The maximum Gasteiger partial charge on any atom is 0.668 e. The van der Waals surface area contributed by atoms with E-state index < -0.39 is 9.05 Å². The van der Waals surface area contributed by atoms with Gasteiger partial charge in [-0.05, 0) is 6.92 Å². The Morgan fingerprint density at radius 1 is 1.11 bits per heavy atom. The summed E-state index contributed by atoms with van der Waals surface area (Å²) in [6.07, 6.45) is 0. The fourth-order valence-corrected chi connectivity index (χ4v) is 0. The summed E-state index contributed by atoms with van der Waals surface area (Å²) < 4.78 is 0. The van der Waals surface area contributed by atoms with Crippen LogP contribution in [0.2, 0.25) is 0 Å². The number of hydrogen-bond acceptors (Lipinski definition) is 5. The van der Waals surface area contributed by atoms with Crippen molar-refractivity contribution in [1.82, 2.24) is 0 Å².